The molecular weight excluding hydrogens is 326 g/mol. The molecule has 0 heterocycles. The SMILES string of the molecule is COc1ccc(C=C(C#N)C(=O)OCc2ccc(C(C)(C)C)cc2)cc1. The second kappa shape index (κ2) is 8.35. The lowest BCUT2D eigenvalue weighted by atomic mass is 9.87. The summed E-state index contributed by atoms with van der Waals surface area (Å²) in [4.78, 5) is 12.2. The van der Waals surface area contributed by atoms with Gasteiger partial charge in [-0.05, 0) is 40.3 Å². The Kier molecular flexibility index (Phi) is 6.19. The predicted molar refractivity (Wildman–Crippen MR) is 102 cm³/mol. The van der Waals surface area contributed by atoms with Crippen LogP contribution in [0, 0.1) is 11.3 Å². The number of carbonyl (C=O) groups is 1. The number of nitriles is 1. The van der Waals surface area contributed by atoms with Crippen molar-refractivity contribution in [2.24, 2.45) is 0 Å². The van der Waals surface area contributed by atoms with Crippen molar-refractivity contribution in [3.8, 4) is 11.8 Å². The van der Waals surface area contributed by atoms with Crippen LogP contribution in [0.15, 0.2) is 54.1 Å². The fraction of sp³-hybridized carbons (Fsp3) is 0.273. The Morgan fingerprint density at radius 2 is 1.69 bits per heavy atom. The van der Waals surface area contributed by atoms with Crippen LogP contribution in [0.5, 0.6) is 5.75 Å². The van der Waals surface area contributed by atoms with Crippen LogP contribution in [0.3, 0.4) is 0 Å². The molecule has 2 rings (SSSR count). The molecule has 0 radical (unpaired) electrons. The fourth-order valence-electron chi connectivity index (χ4n) is 2.33. The average molecular weight is 349 g/mol. The number of hydrogen-bond donors (Lipinski definition) is 0. The third kappa shape index (κ3) is 5.22. The Morgan fingerprint density at radius 1 is 1.08 bits per heavy atom. The Balaban J connectivity index is 2.02. The van der Waals surface area contributed by atoms with Gasteiger partial charge < -0.3 is 9.47 Å². The van der Waals surface area contributed by atoms with Gasteiger partial charge in [-0.25, -0.2) is 4.79 Å². The van der Waals surface area contributed by atoms with Crippen LogP contribution in [-0.2, 0) is 21.6 Å². The van der Waals surface area contributed by atoms with Gasteiger partial charge in [0, 0.05) is 0 Å². The van der Waals surface area contributed by atoms with Gasteiger partial charge in [-0.3, -0.25) is 0 Å². The molecule has 4 heteroatoms. The van der Waals surface area contributed by atoms with Crippen LogP contribution in [0.2, 0.25) is 0 Å². The van der Waals surface area contributed by atoms with Crippen LogP contribution >= 0.6 is 0 Å². The van der Waals surface area contributed by atoms with E-state index >= 15 is 0 Å². The number of benzene rings is 2. The molecule has 0 atom stereocenters. The molecule has 0 aliphatic carbocycles. The normalized spacial score (nSPS) is 11.6. The van der Waals surface area contributed by atoms with E-state index in [9.17, 15) is 10.1 Å². The molecule has 0 saturated carbocycles. The quantitative estimate of drug-likeness (QED) is 0.448. The van der Waals surface area contributed by atoms with Crippen LogP contribution < -0.4 is 4.74 Å². The minimum atomic E-state index is -0.636. The zero-order chi connectivity index (χ0) is 19.2. The Labute approximate surface area is 154 Å². The Bertz CT molecular complexity index is 820. The van der Waals surface area contributed by atoms with E-state index in [1.165, 1.54) is 11.6 Å². The molecular formula is C22H23NO3. The van der Waals surface area contributed by atoms with E-state index in [0.29, 0.717) is 5.75 Å². The van der Waals surface area contributed by atoms with Gasteiger partial charge >= 0.3 is 5.97 Å². The molecule has 0 aliphatic heterocycles. The van der Waals surface area contributed by atoms with Crippen molar-refractivity contribution in [2.75, 3.05) is 7.11 Å². The summed E-state index contributed by atoms with van der Waals surface area (Å²) in [5, 5.41) is 9.24. The Morgan fingerprint density at radius 3 is 2.19 bits per heavy atom. The van der Waals surface area contributed by atoms with Crippen LogP contribution in [0.1, 0.15) is 37.5 Å². The van der Waals surface area contributed by atoms with Gasteiger partial charge in [-0.1, -0.05) is 57.2 Å². The molecule has 0 fully saturated rings. The zero-order valence-corrected chi connectivity index (χ0v) is 15.6. The van der Waals surface area contributed by atoms with E-state index < -0.39 is 5.97 Å². The summed E-state index contributed by atoms with van der Waals surface area (Å²) in [6, 6.07) is 16.9. The van der Waals surface area contributed by atoms with Crippen LogP contribution in [-0.4, -0.2) is 13.1 Å². The average Bonchev–Trinajstić information content (AvgIpc) is 2.64. The highest BCUT2D eigenvalue weighted by molar-refractivity contribution is 5.97. The van der Waals surface area contributed by atoms with Crippen molar-refractivity contribution in [3.05, 3.63) is 70.8 Å². The topological polar surface area (TPSA) is 59.3 Å². The van der Waals surface area contributed by atoms with Crippen molar-refractivity contribution < 1.29 is 14.3 Å². The lowest BCUT2D eigenvalue weighted by Gasteiger charge is -2.19. The highest BCUT2D eigenvalue weighted by Gasteiger charge is 2.14. The van der Waals surface area contributed by atoms with E-state index in [2.05, 4.69) is 20.8 Å². The lowest BCUT2D eigenvalue weighted by molar-refractivity contribution is -0.139. The standard InChI is InChI=1S/C22H23NO3/c1-22(2,3)19-9-5-17(6-10-19)15-26-21(24)18(14-23)13-16-7-11-20(25-4)12-8-16/h5-13H,15H2,1-4H3. The number of hydrogen-bond acceptors (Lipinski definition) is 4. The van der Waals surface area contributed by atoms with Crippen molar-refractivity contribution in [1.82, 2.24) is 0 Å². The molecule has 2 aromatic rings. The summed E-state index contributed by atoms with van der Waals surface area (Å²) in [5.74, 6) is 0.0742. The highest BCUT2D eigenvalue weighted by Crippen LogP contribution is 2.22. The largest absolute Gasteiger partial charge is 0.497 e. The summed E-state index contributed by atoms with van der Waals surface area (Å²) in [6.07, 6.45) is 1.50. The van der Waals surface area contributed by atoms with Gasteiger partial charge in [0.2, 0.25) is 0 Å². The number of ether oxygens (including phenoxy) is 2. The smallest absolute Gasteiger partial charge is 0.349 e. The molecule has 0 saturated heterocycles. The van der Waals surface area contributed by atoms with E-state index in [1.54, 1.807) is 31.4 Å². The number of rotatable bonds is 5. The van der Waals surface area contributed by atoms with Gasteiger partial charge in [-0.15, -0.1) is 0 Å². The molecule has 0 spiro atoms. The summed E-state index contributed by atoms with van der Waals surface area (Å²) in [7, 11) is 1.58. The van der Waals surface area contributed by atoms with Crippen LogP contribution in [0.25, 0.3) is 6.08 Å². The van der Waals surface area contributed by atoms with E-state index in [-0.39, 0.29) is 17.6 Å². The molecule has 26 heavy (non-hydrogen) atoms. The third-order valence-electron chi connectivity index (χ3n) is 3.96. The second-order valence-electron chi connectivity index (χ2n) is 6.97. The molecule has 4 nitrogen and oxygen atoms in total. The number of methoxy groups -OCH3 is 1. The molecule has 0 aliphatic rings. The highest BCUT2D eigenvalue weighted by atomic mass is 16.5. The van der Waals surface area contributed by atoms with Gasteiger partial charge in [0.05, 0.1) is 7.11 Å². The van der Waals surface area contributed by atoms with Crippen molar-refractivity contribution in [3.63, 3.8) is 0 Å². The first-order valence-electron chi connectivity index (χ1n) is 8.36. The van der Waals surface area contributed by atoms with E-state index in [4.69, 9.17) is 9.47 Å². The van der Waals surface area contributed by atoms with Gasteiger partial charge in [0.15, 0.2) is 0 Å². The molecule has 0 unspecified atom stereocenters. The second-order valence-corrected chi connectivity index (χ2v) is 6.97. The molecule has 0 N–H and O–H groups in total. The van der Waals surface area contributed by atoms with Crippen LogP contribution in [0.4, 0.5) is 0 Å². The summed E-state index contributed by atoms with van der Waals surface area (Å²) in [5.41, 5.74) is 2.86. The molecule has 0 aromatic heterocycles. The zero-order valence-electron chi connectivity index (χ0n) is 15.6. The molecule has 0 amide bonds. The van der Waals surface area contributed by atoms with Crippen molar-refractivity contribution >= 4 is 12.0 Å². The third-order valence-corrected chi connectivity index (χ3v) is 3.96. The monoisotopic (exact) mass is 349 g/mol. The number of carbonyl (C=O) groups excluding carboxylic acids is 1. The van der Waals surface area contributed by atoms with Gasteiger partial charge in [-0.2, -0.15) is 5.26 Å². The first-order chi connectivity index (χ1) is 12.3. The maximum absolute atomic E-state index is 12.2. The van der Waals surface area contributed by atoms with Crippen molar-refractivity contribution in [2.45, 2.75) is 32.8 Å². The summed E-state index contributed by atoms with van der Waals surface area (Å²) >= 11 is 0. The minimum Gasteiger partial charge on any atom is -0.497 e. The first-order valence-corrected chi connectivity index (χ1v) is 8.36. The number of esters is 1. The van der Waals surface area contributed by atoms with E-state index in [0.717, 1.165) is 11.1 Å². The van der Waals surface area contributed by atoms with Gasteiger partial charge in [0.25, 0.3) is 0 Å². The Hall–Kier alpha value is -3.06. The minimum absolute atomic E-state index is 0.0403. The summed E-state index contributed by atoms with van der Waals surface area (Å²) in [6.45, 7) is 6.56. The fourth-order valence-corrected chi connectivity index (χ4v) is 2.33. The lowest BCUT2D eigenvalue weighted by Crippen LogP contribution is -2.11. The van der Waals surface area contributed by atoms with Gasteiger partial charge in [0.1, 0.15) is 24.0 Å². The first kappa shape index (κ1) is 19.3. The number of nitrogens with zero attached hydrogens (tertiary/aromatic N) is 1. The summed E-state index contributed by atoms with van der Waals surface area (Å²) < 4.78 is 10.4. The molecule has 2 aromatic carbocycles. The van der Waals surface area contributed by atoms with E-state index in [1.807, 2.05) is 30.3 Å². The molecule has 134 valence electrons. The maximum atomic E-state index is 12.2. The maximum Gasteiger partial charge on any atom is 0.349 e. The molecule has 0 bridgehead atoms. The predicted octanol–water partition coefficient (Wildman–Crippen LogP) is 4.64. The van der Waals surface area contributed by atoms with Crippen molar-refractivity contribution in [1.29, 1.82) is 5.26 Å².